The molecule has 0 saturated carbocycles. The predicted octanol–water partition coefficient (Wildman–Crippen LogP) is 2.63. The van der Waals surface area contributed by atoms with E-state index in [1.807, 2.05) is 18.2 Å². The maximum absolute atomic E-state index is 11.4. The number of fused-ring (bicyclic) bond motifs is 1. The molecule has 0 unspecified atom stereocenters. The summed E-state index contributed by atoms with van der Waals surface area (Å²) >= 11 is 0. The first kappa shape index (κ1) is 11.9. The van der Waals surface area contributed by atoms with Gasteiger partial charge in [0.25, 0.3) is 0 Å². The smallest absolute Gasteiger partial charge is 0.175 e. The van der Waals surface area contributed by atoms with Crippen LogP contribution in [0.2, 0.25) is 0 Å². The van der Waals surface area contributed by atoms with Crippen LogP contribution in [-0.4, -0.2) is 24.6 Å². The number of hydrogen-bond donors (Lipinski definition) is 1. The van der Waals surface area contributed by atoms with E-state index in [2.05, 4.69) is 9.97 Å². The highest BCUT2D eigenvalue weighted by molar-refractivity contribution is 7.90. The molecule has 4 nitrogen and oxygen atoms in total. The van der Waals surface area contributed by atoms with Crippen molar-refractivity contribution in [2.45, 2.75) is 4.90 Å². The van der Waals surface area contributed by atoms with Gasteiger partial charge in [-0.25, -0.2) is 13.4 Å². The average molecular weight is 272 g/mol. The lowest BCUT2D eigenvalue weighted by atomic mass is 10.0. The molecule has 0 aliphatic rings. The van der Waals surface area contributed by atoms with E-state index in [0.29, 0.717) is 4.90 Å². The molecule has 0 saturated heterocycles. The van der Waals surface area contributed by atoms with Crippen molar-refractivity contribution in [2.75, 3.05) is 6.26 Å². The van der Waals surface area contributed by atoms with Gasteiger partial charge in [-0.3, -0.25) is 0 Å². The van der Waals surface area contributed by atoms with Crippen LogP contribution in [-0.2, 0) is 9.84 Å². The van der Waals surface area contributed by atoms with Gasteiger partial charge in [0, 0.05) is 11.8 Å². The molecule has 5 heteroatoms. The van der Waals surface area contributed by atoms with E-state index in [4.69, 9.17) is 0 Å². The standard InChI is InChI=1S/C14H12N2O2S/c1-19(17,18)11-7-5-10(6-8-11)12-3-2-4-13-14(12)16-9-15-13/h2-9H,1H3,(H,15,16). The second-order valence-corrected chi connectivity index (χ2v) is 6.42. The maximum Gasteiger partial charge on any atom is 0.175 e. The Kier molecular flexibility index (Phi) is 2.64. The van der Waals surface area contributed by atoms with E-state index < -0.39 is 9.84 Å². The third kappa shape index (κ3) is 2.13. The van der Waals surface area contributed by atoms with Gasteiger partial charge in [0.05, 0.1) is 22.3 Å². The first-order chi connectivity index (χ1) is 9.05. The van der Waals surface area contributed by atoms with Gasteiger partial charge in [0.1, 0.15) is 0 Å². The van der Waals surface area contributed by atoms with Gasteiger partial charge in [0.15, 0.2) is 9.84 Å². The molecule has 2 aromatic carbocycles. The first-order valence-corrected chi connectivity index (χ1v) is 7.67. The number of aromatic nitrogens is 2. The zero-order chi connectivity index (χ0) is 13.5. The second-order valence-electron chi connectivity index (χ2n) is 4.40. The summed E-state index contributed by atoms with van der Waals surface area (Å²) in [5.41, 5.74) is 3.78. The van der Waals surface area contributed by atoms with Crippen molar-refractivity contribution in [3.8, 4) is 11.1 Å². The number of sulfone groups is 1. The second kappa shape index (κ2) is 4.20. The van der Waals surface area contributed by atoms with Gasteiger partial charge < -0.3 is 4.98 Å². The summed E-state index contributed by atoms with van der Waals surface area (Å²) in [7, 11) is -3.16. The lowest BCUT2D eigenvalue weighted by Crippen LogP contribution is -1.96. The molecule has 0 fully saturated rings. The molecule has 0 aliphatic heterocycles. The number of benzene rings is 2. The summed E-state index contributed by atoms with van der Waals surface area (Å²) in [6, 6.07) is 12.7. The number of hydrogen-bond acceptors (Lipinski definition) is 3. The quantitative estimate of drug-likeness (QED) is 0.780. The topological polar surface area (TPSA) is 62.8 Å². The van der Waals surface area contributed by atoms with Crippen LogP contribution in [0.25, 0.3) is 22.2 Å². The van der Waals surface area contributed by atoms with Crippen LogP contribution in [0.5, 0.6) is 0 Å². The molecule has 0 aliphatic carbocycles. The zero-order valence-corrected chi connectivity index (χ0v) is 11.1. The van der Waals surface area contributed by atoms with E-state index in [1.54, 1.807) is 30.6 Å². The van der Waals surface area contributed by atoms with Gasteiger partial charge in [-0.15, -0.1) is 0 Å². The number of nitrogens with zero attached hydrogens (tertiary/aromatic N) is 1. The summed E-state index contributed by atoms with van der Waals surface area (Å²) in [5.74, 6) is 0. The molecule has 3 rings (SSSR count). The van der Waals surface area contributed by atoms with Crippen LogP contribution in [0.3, 0.4) is 0 Å². The highest BCUT2D eigenvalue weighted by Gasteiger charge is 2.09. The number of H-pyrrole nitrogens is 1. The van der Waals surface area contributed by atoms with E-state index in [-0.39, 0.29) is 0 Å². The van der Waals surface area contributed by atoms with Crippen molar-refractivity contribution in [1.82, 2.24) is 9.97 Å². The minimum Gasteiger partial charge on any atom is -0.345 e. The molecule has 0 bridgehead atoms. The summed E-state index contributed by atoms with van der Waals surface area (Å²) < 4.78 is 22.9. The lowest BCUT2D eigenvalue weighted by molar-refractivity contribution is 0.602. The average Bonchev–Trinajstić information content (AvgIpc) is 2.86. The minimum atomic E-state index is -3.16. The van der Waals surface area contributed by atoms with Crippen LogP contribution < -0.4 is 0 Å². The van der Waals surface area contributed by atoms with Gasteiger partial charge in [-0.2, -0.15) is 0 Å². The van der Waals surface area contributed by atoms with Gasteiger partial charge in [-0.05, 0) is 23.8 Å². The van der Waals surface area contributed by atoms with E-state index in [0.717, 1.165) is 22.2 Å². The Hall–Kier alpha value is -2.14. The first-order valence-electron chi connectivity index (χ1n) is 5.78. The fraction of sp³-hybridized carbons (Fsp3) is 0.0714. The predicted molar refractivity (Wildman–Crippen MR) is 74.6 cm³/mol. The molecule has 1 heterocycles. The summed E-state index contributed by atoms with van der Waals surface area (Å²) in [6.45, 7) is 0. The number of para-hydroxylation sites is 1. The lowest BCUT2D eigenvalue weighted by Gasteiger charge is -2.04. The summed E-state index contributed by atoms with van der Waals surface area (Å²) in [4.78, 5) is 7.68. The molecular formula is C14H12N2O2S. The Morgan fingerprint density at radius 3 is 2.47 bits per heavy atom. The van der Waals surface area contributed by atoms with Crippen molar-refractivity contribution in [3.63, 3.8) is 0 Å². The largest absolute Gasteiger partial charge is 0.345 e. The molecule has 19 heavy (non-hydrogen) atoms. The molecule has 0 amide bonds. The third-order valence-corrected chi connectivity index (χ3v) is 4.17. The summed E-state index contributed by atoms with van der Waals surface area (Å²) in [5, 5.41) is 0. The summed E-state index contributed by atoms with van der Waals surface area (Å²) in [6.07, 6.45) is 2.86. The van der Waals surface area contributed by atoms with Gasteiger partial charge in [-0.1, -0.05) is 24.3 Å². The van der Waals surface area contributed by atoms with E-state index in [9.17, 15) is 8.42 Å². The highest BCUT2D eigenvalue weighted by atomic mass is 32.2. The molecule has 0 atom stereocenters. The van der Waals surface area contributed by atoms with Gasteiger partial charge in [0.2, 0.25) is 0 Å². The molecular weight excluding hydrogens is 260 g/mol. The Labute approximate surface area is 111 Å². The van der Waals surface area contributed by atoms with Crippen LogP contribution in [0.1, 0.15) is 0 Å². The van der Waals surface area contributed by atoms with Gasteiger partial charge >= 0.3 is 0 Å². The molecule has 3 aromatic rings. The zero-order valence-electron chi connectivity index (χ0n) is 10.3. The normalized spacial score (nSPS) is 11.8. The minimum absolute atomic E-state index is 0.324. The Morgan fingerprint density at radius 2 is 1.79 bits per heavy atom. The van der Waals surface area contributed by atoms with E-state index >= 15 is 0 Å². The SMILES string of the molecule is CS(=O)(=O)c1ccc(-c2cccc3[nH]cnc23)cc1. The monoisotopic (exact) mass is 272 g/mol. The fourth-order valence-electron chi connectivity index (χ4n) is 2.08. The van der Waals surface area contributed by atoms with Crippen LogP contribution in [0, 0.1) is 0 Å². The van der Waals surface area contributed by atoms with E-state index in [1.165, 1.54) is 6.26 Å². The number of nitrogens with one attached hydrogen (secondary N) is 1. The number of rotatable bonds is 2. The molecule has 0 spiro atoms. The van der Waals surface area contributed by atoms with Crippen molar-refractivity contribution in [1.29, 1.82) is 0 Å². The Morgan fingerprint density at radius 1 is 1.05 bits per heavy atom. The van der Waals surface area contributed by atoms with Crippen LogP contribution in [0.4, 0.5) is 0 Å². The van der Waals surface area contributed by atoms with Crippen molar-refractivity contribution < 1.29 is 8.42 Å². The maximum atomic E-state index is 11.4. The fourth-order valence-corrected chi connectivity index (χ4v) is 2.71. The highest BCUT2D eigenvalue weighted by Crippen LogP contribution is 2.27. The number of aromatic amines is 1. The molecule has 1 aromatic heterocycles. The number of imidazole rings is 1. The Balaban J connectivity index is 2.15. The van der Waals surface area contributed by atoms with Crippen molar-refractivity contribution in [2.24, 2.45) is 0 Å². The van der Waals surface area contributed by atoms with Crippen LogP contribution >= 0.6 is 0 Å². The molecule has 96 valence electrons. The molecule has 0 radical (unpaired) electrons. The Bertz CT molecular complexity index is 833. The van der Waals surface area contributed by atoms with Crippen molar-refractivity contribution in [3.05, 3.63) is 48.8 Å². The molecule has 1 N–H and O–H groups in total. The van der Waals surface area contributed by atoms with Crippen molar-refractivity contribution >= 4 is 20.9 Å². The third-order valence-electron chi connectivity index (χ3n) is 3.04. The van der Waals surface area contributed by atoms with Crippen LogP contribution in [0.15, 0.2) is 53.7 Å².